The average Bonchev–Trinajstić information content (AvgIpc) is 3.09. The minimum Gasteiger partial charge on any atom is -0.397 e. The third-order valence-electron chi connectivity index (χ3n) is 2.93. The molecule has 0 aliphatic heterocycles. The van der Waals surface area contributed by atoms with Gasteiger partial charge in [-0.15, -0.1) is 11.3 Å². The highest BCUT2D eigenvalue weighted by Crippen LogP contribution is 2.30. The van der Waals surface area contributed by atoms with E-state index in [0.29, 0.717) is 16.7 Å². The molecular formula is C12H13N5OS. The molecule has 0 amide bonds. The minimum atomic E-state index is 0.142. The predicted molar refractivity (Wildman–Crippen MR) is 75.0 cm³/mol. The first-order valence-electron chi connectivity index (χ1n) is 5.96. The number of nitrogens with zero attached hydrogens (tertiary/aromatic N) is 3. The number of hydrogen-bond acceptors (Lipinski definition) is 7. The van der Waals surface area contributed by atoms with Crippen LogP contribution in [0.5, 0.6) is 0 Å². The molecule has 3 rings (SSSR count). The number of nitrogens with one attached hydrogen (secondary N) is 1. The molecule has 2 aromatic heterocycles. The molecule has 98 valence electrons. The molecule has 0 fully saturated rings. The lowest BCUT2D eigenvalue weighted by Gasteiger charge is -2.15. The fourth-order valence-corrected chi connectivity index (χ4v) is 2.71. The lowest BCUT2D eigenvalue weighted by Crippen LogP contribution is -2.09. The molecule has 1 unspecified atom stereocenters. The molecular weight excluding hydrogens is 262 g/mol. The van der Waals surface area contributed by atoms with Gasteiger partial charge in [0.25, 0.3) is 0 Å². The topological polar surface area (TPSA) is 89.9 Å². The van der Waals surface area contributed by atoms with Gasteiger partial charge in [-0.1, -0.05) is 6.92 Å². The van der Waals surface area contributed by atoms with Crippen LogP contribution in [0.25, 0.3) is 11.0 Å². The van der Waals surface area contributed by atoms with Crippen LogP contribution in [0.4, 0.5) is 11.4 Å². The van der Waals surface area contributed by atoms with Crippen molar-refractivity contribution < 1.29 is 4.63 Å². The van der Waals surface area contributed by atoms with E-state index in [4.69, 9.17) is 10.4 Å². The number of rotatable bonds is 4. The van der Waals surface area contributed by atoms with Crippen LogP contribution in [-0.4, -0.2) is 15.3 Å². The Balaban J connectivity index is 1.97. The van der Waals surface area contributed by atoms with Gasteiger partial charge >= 0.3 is 0 Å². The van der Waals surface area contributed by atoms with Gasteiger partial charge in [0.05, 0.1) is 17.4 Å². The van der Waals surface area contributed by atoms with E-state index in [-0.39, 0.29) is 6.04 Å². The fourth-order valence-electron chi connectivity index (χ4n) is 1.93. The molecule has 0 spiro atoms. The molecule has 0 radical (unpaired) electrons. The van der Waals surface area contributed by atoms with Gasteiger partial charge in [0.1, 0.15) is 5.01 Å². The Morgan fingerprint density at radius 1 is 1.37 bits per heavy atom. The van der Waals surface area contributed by atoms with E-state index in [1.54, 1.807) is 23.6 Å². The summed E-state index contributed by atoms with van der Waals surface area (Å²) in [5.41, 5.74) is 8.47. The van der Waals surface area contributed by atoms with Crippen molar-refractivity contribution in [2.24, 2.45) is 0 Å². The predicted octanol–water partition coefficient (Wildman–Crippen LogP) is 2.82. The summed E-state index contributed by atoms with van der Waals surface area (Å²) < 4.78 is 4.76. The van der Waals surface area contributed by atoms with Crippen molar-refractivity contribution in [3.8, 4) is 0 Å². The average molecular weight is 275 g/mol. The summed E-state index contributed by atoms with van der Waals surface area (Å²) in [7, 11) is 0. The van der Waals surface area contributed by atoms with Gasteiger partial charge < -0.3 is 11.1 Å². The molecule has 0 aliphatic carbocycles. The van der Waals surface area contributed by atoms with Crippen LogP contribution < -0.4 is 11.1 Å². The van der Waals surface area contributed by atoms with Crippen LogP contribution in [0.3, 0.4) is 0 Å². The number of benzene rings is 1. The van der Waals surface area contributed by atoms with E-state index < -0.39 is 0 Å². The summed E-state index contributed by atoms with van der Waals surface area (Å²) in [4.78, 5) is 4.34. The Labute approximate surface area is 113 Å². The summed E-state index contributed by atoms with van der Waals surface area (Å²) in [5.74, 6) is 0. The van der Waals surface area contributed by atoms with Crippen LogP contribution in [0.2, 0.25) is 0 Å². The zero-order valence-electron chi connectivity index (χ0n) is 10.3. The molecule has 0 saturated carbocycles. The molecule has 19 heavy (non-hydrogen) atoms. The van der Waals surface area contributed by atoms with Gasteiger partial charge in [-0.25, -0.2) is 9.61 Å². The quantitative estimate of drug-likeness (QED) is 0.711. The maximum Gasteiger partial charge on any atom is 0.160 e. The number of hydrogen-bond donors (Lipinski definition) is 2. The number of nitrogens with two attached hydrogens (primary N) is 1. The molecule has 0 aliphatic rings. The molecule has 1 atom stereocenters. The summed E-state index contributed by atoms with van der Waals surface area (Å²) in [6, 6.07) is 3.82. The monoisotopic (exact) mass is 275 g/mol. The van der Waals surface area contributed by atoms with Crippen molar-refractivity contribution in [1.82, 2.24) is 15.3 Å². The van der Waals surface area contributed by atoms with Crippen molar-refractivity contribution in [2.45, 2.75) is 19.4 Å². The summed E-state index contributed by atoms with van der Waals surface area (Å²) >= 11 is 1.63. The zero-order chi connectivity index (χ0) is 13.2. The smallest absolute Gasteiger partial charge is 0.160 e. The standard InChI is InChI=1S/C12H13N5OS/c1-2-8(12-14-5-6-19-12)15-9-4-3-7(13)10-11(9)17-18-16-10/h3-6,8,15H,2,13H2,1H3. The van der Waals surface area contributed by atoms with E-state index in [1.165, 1.54) is 0 Å². The molecule has 0 saturated heterocycles. The van der Waals surface area contributed by atoms with Gasteiger partial charge in [-0.3, -0.25) is 0 Å². The molecule has 3 N–H and O–H groups in total. The Morgan fingerprint density at radius 3 is 2.95 bits per heavy atom. The van der Waals surface area contributed by atoms with Gasteiger partial charge in [0.15, 0.2) is 11.0 Å². The lowest BCUT2D eigenvalue weighted by molar-refractivity contribution is 0.315. The van der Waals surface area contributed by atoms with E-state index >= 15 is 0 Å². The van der Waals surface area contributed by atoms with Crippen LogP contribution >= 0.6 is 11.3 Å². The van der Waals surface area contributed by atoms with E-state index in [1.807, 2.05) is 11.4 Å². The first kappa shape index (κ1) is 11.9. The highest BCUT2D eigenvalue weighted by Gasteiger charge is 2.16. The second kappa shape index (κ2) is 4.85. The fraction of sp³-hybridized carbons (Fsp3) is 0.250. The largest absolute Gasteiger partial charge is 0.397 e. The maximum atomic E-state index is 5.83. The third-order valence-corrected chi connectivity index (χ3v) is 3.82. The Morgan fingerprint density at radius 2 is 2.21 bits per heavy atom. The molecule has 2 heterocycles. The Bertz CT molecular complexity index is 679. The van der Waals surface area contributed by atoms with Crippen molar-refractivity contribution in [1.29, 1.82) is 0 Å². The lowest BCUT2D eigenvalue weighted by atomic mass is 10.2. The first-order valence-corrected chi connectivity index (χ1v) is 6.84. The van der Waals surface area contributed by atoms with Gasteiger partial charge in [-0.05, 0) is 28.9 Å². The molecule has 6 nitrogen and oxygen atoms in total. The summed E-state index contributed by atoms with van der Waals surface area (Å²) in [6.45, 7) is 2.11. The second-order valence-corrected chi connectivity index (χ2v) is 5.07. The van der Waals surface area contributed by atoms with E-state index in [0.717, 1.165) is 17.1 Å². The summed E-state index contributed by atoms with van der Waals surface area (Å²) in [5, 5.41) is 14.1. The van der Waals surface area contributed by atoms with Crippen molar-refractivity contribution in [3.63, 3.8) is 0 Å². The number of aromatic nitrogens is 3. The minimum absolute atomic E-state index is 0.142. The highest BCUT2D eigenvalue weighted by molar-refractivity contribution is 7.09. The molecule has 1 aromatic carbocycles. The third kappa shape index (κ3) is 2.12. The van der Waals surface area contributed by atoms with Crippen LogP contribution in [0.1, 0.15) is 24.4 Å². The van der Waals surface area contributed by atoms with Gasteiger partial charge in [0, 0.05) is 11.6 Å². The zero-order valence-corrected chi connectivity index (χ0v) is 11.1. The van der Waals surface area contributed by atoms with Crippen LogP contribution in [0, 0.1) is 0 Å². The van der Waals surface area contributed by atoms with Crippen LogP contribution in [0.15, 0.2) is 28.3 Å². The van der Waals surface area contributed by atoms with E-state index in [9.17, 15) is 0 Å². The van der Waals surface area contributed by atoms with Crippen molar-refractivity contribution >= 4 is 33.7 Å². The number of anilines is 2. The van der Waals surface area contributed by atoms with Crippen molar-refractivity contribution in [2.75, 3.05) is 11.1 Å². The van der Waals surface area contributed by atoms with Crippen molar-refractivity contribution in [3.05, 3.63) is 28.7 Å². The maximum absolute atomic E-state index is 5.83. The first-order chi connectivity index (χ1) is 9.29. The second-order valence-electron chi connectivity index (χ2n) is 4.14. The normalized spacial score (nSPS) is 12.7. The molecule has 0 bridgehead atoms. The Kier molecular flexibility index (Phi) is 3.04. The van der Waals surface area contributed by atoms with Crippen LogP contribution in [-0.2, 0) is 0 Å². The Hall–Kier alpha value is -2.15. The van der Waals surface area contributed by atoms with Gasteiger partial charge in [0.2, 0.25) is 0 Å². The highest BCUT2D eigenvalue weighted by atomic mass is 32.1. The van der Waals surface area contributed by atoms with Gasteiger partial charge in [-0.2, -0.15) is 0 Å². The van der Waals surface area contributed by atoms with E-state index in [2.05, 4.69) is 27.5 Å². The molecule has 3 aromatic rings. The summed E-state index contributed by atoms with van der Waals surface area (Å²) in [6.07, 6.45) is 2.73. The number of thiazole rings is 1. The number of nitrogen functional groups attached to an aromatic ring is 1. The SMILES string of the molecule is CCC(Nc1ccc(N)c2nonc12)c1nccs1. The number of fused-ring (bicyclic) bond motifs is 1. The molecule has 7 heteroatoms.